The van der Waals surface area contributed by atoms with Gasteiger partial charge in [-0.25, -0.2) is 0 Å². The van der Waals surface area contributed by atoms with Crippen molar-refractivity contribution in [1.29, 1.82) is 0 Å². The summed E-state index contributed by atoms with van der Waals surface area (Å²) in [7, 11) is 0. The zero-order valence-electron chi connectivity index (χ0n) is 12.4. The molecule has 2 rings (SSSR count). The average molecular weight is 341 g/mol. The predicted octanol–water partition coefficient (Wildman–Crippen LogP) is 2.37. The monoisotopic (exact) mass is 340 g/mol. The summed E-state index contributed by atoms with van der Waals surface area (Å²) in [6, 6.07) is 9.57. The summed E-state index contributed by atoms with van der Waals surface area (Å²) in [5.41, 5.74) is 7.67. The largest absolute Gasteiger partial charge is 0.322 e. The number of hydrogen-bond acceptors (Lipinski definition) is 4. The molecule has 1 atom stereocenters. The van der Waals surface area contributed by atoms with Crippen molar-refractivity contribution in [3.8, 4) is 0 Å². The Bertz CT molecular complexity index is 576. The number of aromatic nitrogens is 2. The van der Waals surface area contributed by atoms with Crippen LogP contribution in [0.15, 0.2) is 42.7 Å². The molecule has 0 radical (unpaired) electrons. The number of carbonyl (C=O) groups excluding carboxylic acids is 1. The first-order valence-electron chi connectivity index (χ1n) is 6.81. The Kier molecular flexibility index (Phi) is 8.01. The van der Waals surface area contributed by atoms with Crippen molar-refractivity contribution in [3.63, 3.8) is 0 Å². The van der Waals surface area contributed by atoms with Crippen LogP contribution in [0.5, 0.6) is 0 Å². The Morgan fingerprint density at radius 1 is 1.41 bits per heavy atom. The highest BCUT2D eigenvalue weighted by Crippen LogP contribution is 2.09. The van der Waals surface area contributed by atoms with Gasteiger partial charge in [-0.05, 0) is 24.0 Å². The molecular weight excluding hydrogens is 320 g/mol. The first kappa shape index (κ1) is 18.5. The number of nitrogens with zero attached hydrogens (tertiary/aromatic N) is 2. The first-order valence-corrected chi connectivity index (χ1v) is 8.20. The van der Waals surface area contributed by atoms with E-state index in [0.29, 0.717) is 18.7 Å². The highest BCUT2D eigenvalue weighted by atomic mass is 35.5. The third-order valence-electron chi connectivity index (χ3n) is 3.06. The molecule has 5 nitrogen and oxygen atoms in total. The normalized spacial score (nSPS) is 11.5. The number of nitrogens with one attached hydrogen (secondary N) is 1. The van der Waals surface area contributed by atoms with Crippen molar-refractivity contribution < 1.29 is 4.79 Å². The van der Waals surface area contributed by atoms with Crippen LogP contribution in [0.2, 0.25) is 0 Å². The molecule has 0 unspecified atom stereocenters. The van der Waals surface area contributed by atoms with Gasteiger partial charge in [-0.2, -0.15) is 16.9 Å². The van der Waals surface area contributed by atoms with Gasteiger partial charge in [-0.15, -0.1) is 12.4 Å². The molecule has 7 heteroatoms. The number of nitrogens with two attached hydrogens (primary N) is 1. The van der Waals surface area contributed by atoms with Crippen molar-refractivity contribution in [2.24, 2.45) is 5.73 Å². The van der Waals surface area contributed by atoms with Crippen LogP contribution in [0, 0.1) is 0 Å². The van der Waals surface area contributed by atoms with Gasteiger partial charge in [-0.1, -0.05) is 30.3 Å². The second kappa shape index (κ2) is 9.50. The van der Waals surface area contributed by atoms with Crippen molar-refractivity contribution in [2.75, 3.05) is 17.3 Å². The molecule has 0 bridgehead atoms. The van der Waals surface area contributed by atoms with E-state index >= 15 is 0 Å². The van der Waals surface area contributed by atoms with Gasteiger partial charge in [0, 0.05) is 6.20 Å². The molecule has 3 N–H and O–H groups in total. The maximum absolute atomic E-state index is 11.9. The molecule has 22 heavy (non-hydrogen) atoms. The summed E-state index contributed by atoms with van der Waals surface area (Å²) in [5, 5.41) is 7.04. The molecule has 0 fully saturated rings. The standard InChI is InChI=1S/C15H20N4OS.ClH/c1-21-8-7-14(16)15(20)18-13-9-17-19(11-13)10-12-5-3-2-4-6-12;/h2-6,9,11,14H,7-8,10,16H2,1H3,(H,18,20);1H/t14-;/m0./s1. The second-order valence-electron chi connectivity index (χ2n) is 4.79. The number of carbonyl (C=O) groups is 1. The van der Waals surface area contributed by atoms with Gasteiger partial charge in [-0.3, -0.25) is 9.48 Å². The Labute approximate surface area is 141 Å². The molecule has 1 amide bonds. The quantitative estimate of drug-likeness (QED) is 0.811. The van der Waals surface area contributed by atoms with Crippen LogP contribution in [0.3, 0.4) is 0 Å². The van der Waals surface area contributed by atoms with E-state index in [2.05, 4.69) is 10.4 Å². The summed E-state index contributed by atoms with van der Waals surface area (Å²) < 4.78 is 1.79. The molecule has 1 aromatic heterocycles. The molecule has 0 saturated heterocycles. The Morgan fingerprint density at radius 3 is 2.82 bits per heavy atom. The van der Waals surface area contributed by atoms with E-state index in [-0.39, 0.29) is 18.3 Å². The number of anilines is 1. The number of hydrogen-bond donors (Lipinski definition) is 2. The van der Waals surface area contributed by atoms with Crippen LogP contribution in [-0.4, -0.2) is 33.7 Å². The molecule has 0 saturated carbocycles. The number of amides is 1. The van der Waals surface area contributed by atoms with E-state index in [1.807, 2.05) is 42.8 Å². The minimum Gasteiger partial charge on any atom is -0.322 e. The SMILES string of the molecule is CSCC[C@H](N)C(=O)Nc1cnn(Cc2ccccc2)c1.Cl. The molecule has 0 aliphatic rings. The van der Waals surface area contributed by atoms with Gasteiger partial charge in [0.25, 0.3) is 0 Å². The molecule has 2 aromatic rings. The zero-order valence-corrected chi connectivity index (χ0v) is 14.1. The summed E-state index contributed by atoms with van der Waals surface area (Å²) >= 11 is 1.68. The number of rotatable bonds is 7. The van der Waals surface area contributed by atoms with Gasteiger partial charge in [0.15, 0.2) is 0 Å². The van der Waals surface area contributed by atoms with E-state index < -0.39 is 6.04 Å². The van der Waals surface area contributed by atoms with Crippen LogP contribution >= 0.6 is 24.2 Å². The number of benzene rings is 1. The molecule has 0 aliphatic carbocycles. The molecule has 0 aliphatic heterocycles. The smallest absolute Gasteiger partial charge is 0.241 e. The fraction of sp³-hybridized carbons (Fsp3) is 0.333. The predicted molar refractivity (Wildman–Crippen MR) is 94.6 cm³/mol. The topological polar surface area (TPSA) is 72.9 Å². The summed E-state index contributed by atoms with van der Waals surface area (Å²) in [6.45, 7) is 0.676. The van der Waals surface area contributed by atoms with E-state index in [0.717, 1.165) is 11.3 Å². The van der Waals surface area contributed by atoms with Crippen LogP contribution in [-0.2, 0) is 11.3 Å². The fourth-order valence-corrected chi connectivity index (χ4v) is 2.39. The summed E-state index contributed by atoms with van der Waals surface area (Å²) in [5.74, 6) is 0.713. The number of thioether (sulfide) groups is 1. The second-order valence-corrected chi connectivity index (χ2v) is 5.78. The lowest BCUT2D eigenvalue weighted by molar-refractivity contribution is -0.117. The van der Waals surface area contributed by atoms with Gasteiger partial charge >= 0.3 is 0 Å². The van der Waals surface area contributed by atoms with Gasteiger partial charge in [0.2, 0.25) is 5.91 Å². The lowest BCUT2D eigenvalue weighted by Crippen LogP contribution is -2.35. The van der Waals surface area contributed by atoms with Crippen molar-refractivity contribution in [2.45, 2.75) is 19.0 Å². The van der Waals surface area contributed by atoms with Crippen LogP contribution in [0.4, 0.5) is 5.69 Å². The van der Waals surface area contributed by atoms with Crippen molar-refractivity contribution in [1.82, 2.24) is 9.78 Å². The van der Waals surface area contributed by atoms with E-state index in [1.54, 1.807) is 22.6 Å². The zero-order chi connectivity index (χ0) is 15.1. The lowest BCUT2D eigenvalue weighted by atomic mass is 10.2. The van der Waals surface area contributed by atoms with Crippen molar-refractivity contribution in [3.05, 3.63) is 48.3 Å². The Balaban J connectivity index is 0.00000242. The van der Waals surface area contributed by atoms with Crippen LogP contribution in [0.25, 0.3) is 0 Å². The Hall–Kier alpha value is -1.50. The molecule has 1 heterocycles. The summed E-state index contributed by atoms with van der Waals surface area (Å²) in [6.07, 6.45) is 6.12. The summed E-state index contributed by atoms with van der Waals surface area (Å²) in [4.78, 5) is 11.9. The third-order valence-corrected chi connectivity index (χ3v) is 3.70. The number of halogens is 1. The molecule has 1 aromatic carbocycles. The maximum Gasteiger partial charge on any atom is 0.241 e. The van der Waals surface area contributed by atoms with Gasteiger partial charge in [0.05, 0.1) is 24.5 Å². The molecular formula is C15H21ClN4OS. The molecule has 120 valence electrons. The van der Waals surface area contributed by atoms with Crippen LogP contribution < -0.4 is 11.1 Å². The van der Waals surface area contributed by atoms with E-state index in [9.17, 15) is 4.79 Å². The average Bonchev–Trinajstić information content (AvgIpc) is 2.92. The van der Waals surface area contributed by atoms with E-state index in [1.165, 1.54) is 0 Å². The van der Waals surface area contributed by atoms with Crippen LogP contribution in [0.1, 0.15) is 12.0 Å². The lowest BCUT2D eigenvalue weighted by Gasteiger charge is -2.09. The van der Waals surface area contributed by atoms with Gasteiger partial charge < -0.3 is 11.1 Å². The maximum atomic E-state index is 11.9. The highest BCUT2D eigenvalue weighted by Gasteiger charge is 2.13. The van der Waals surface area contributed by atoms with Crippen molar-refractivity contribution >= 4 is 35.8 Å². The minimum atomic E-state index is -0.477. The Morgan fingerprint density at radius 2 is 2.14 bits per heavy atom. The van der Waals surface area contributed by atoms with E-state index in [4.69, 9.17) is 5.73 Å². The molecule has 0 spiro atoms. The minimum absolute atomic E-state index is 0. The highest BCUT2D eigenvalue weighted by molar-refractivity contribution is 7.98. The third kappa shape index (κ3) is 5.71. The fourth-order valence-electron chi connectivity index (χ4n) is 1.90. The first-order chi connectivity index (χ1) is 10.2. The van der Waals surface area contributed by atoms with Gasteiger partial charge in [0.1, 0.15) is 0 Å².